The lowest BCUT2D eigenvalue weighted by molar-refractivity contribution is -0.105. The van der Waals surface area contributed by atoms with Crippen LogP contribution < -0.4 is 0 Å². The van der Waals surface area contributed by atoms with E-state index in [1.54, 1.807) is 0 Å². The molecule has 0 N–H and O–H groups in total. The third kappa shape index (κ3) is 8.89. The summed E-state index contributed by atoms with van der Waals surface area (Å²) in [4.78, 5) is 11.0. The Balaban J connectivity index is 1.51. The summed E-state index contributed by atoms with van der Waals surface area (Å²) in [5.74, 6) is 2.49. The van der Waals surface area contributed by atoms with Crippen LogP contribution in [0.25, 0.3) is 0 Å². The molecular weight excluding hydrogens is 431 g/mol. The van der Waals surface area contributed by atoms with E-state index in [0.29, 0.717) is 5.92 Å². The maximum absolute atomic E-state index is 11.0. The largest absolute Gasteiger partial charge is 0.298 e. The molecule has 2 heteroatoms. The highest BCUT2D eigenvalue weighted by atomic mass is 127. The molecule has 2 saturated carbocycles. The molecule has 0 radical (unpaired) electrons. The molecular formula is C24H41IO. The molecule has 26 heavy (non-hydrogen) atoms. The topological polar surface area (TPSA) is 17.1 Å². The van der Waals surface area contributed by atoms with Crippen LogP contribution in [0.4, 0.5) is 0 Å². The third-order valence-electron chi connectivity index (χ3n) is 6.92. The lowest BCUT2D eigenvalue weighted by atomic mass is 9.70. The monoisotopic (exact) mass is 472 g/mol. The summed E-state index contributed by atoms with van der Waals surface area (Å²) >= 11 is 2.21. The lowest BCUT2D eigenvalue weighted by Crippen LogP contribution is -2.25. The smallest absolute Gasteiger partial charge is 0.146 e. The van der Waals surface area contributed by atoms with Gasteiger partial charge in [-0.05, 0) is 34.7 Å². The van der Waals surface area contributed by atoms with Crippen molar-refractivity contribution in [2.75, 3.05) is 0 Å². The Hall–Kier alpha value is 0.140. The Bertz CT molecular complexity index is 385. The van der Waals surface area contributed by atoms with Crippen LogP contribution in [0, 0.1) is 17.8 Å². The lowest BCUT2D eigenvalue weighted by Gasteiger charge is -2.35. The van der Waals surface area contributed by atoms with Gasteiger partial charge in [0.25, 0.3) is 0 Å². The fraction of sp³-hybridized carbons (Fsp3) is 0.875. The first-order chi connectivity index (χ1) is 12.8. The number of allylic oxidation sites excluding steroid dienone is 1. The minimum absolute atomic E-state index is 0.575. The van der Waals surface area contributed by atoms with E-state index in [1.165, 1.54) is 116 Å². The Labute approximate surface area is 176 Å². The minimum Gasteiger partial charge on any atom is -0.298 e. The maximum Gasteiger partial charge on any atom is 0.146 e. The fourth-order valence-electron chi connectivity index (χ4n) is 5.03. The molecule has 0 aromatic rings. The standard InChI is InChI=1S/C24H41IO/c25-19-24(20-26)23-17-22(18-23)16-12-8-11-15-21-13-9-6-4-2-1-3-5-7-10-14-21/h19-23H,1-18H2. The predicted octanol–water partition coefficient (Wildman–Crippen LogP) is 8.40. The second-order valence-corrected chi connectivity index (χ2v) is 9.65. The highest BCUT2D eigenvalue weighted by Gasteiger charge is 2.30. The van der Waals surface area contributed by atoms with E-state index in [9.17, 15) is 4.79 Å². The normalized spacial score (nSPS) is 27.2. The van der Waals surface area contributed by atoms with Gasteiger partial charge in [-0.3, -0.25) is 4.79 Å². The molecule has 150 valence electrons. The number of carbonyl (C=O) groups is 1. The summed E-state index contributed by atoms with van der Waals surface area (Å²) in [6.45, 7) is 0. The molecule has 2 fully saturated rings. The van der Waals surface area contributed by atoms with Gasteiger partial charge in [0.1, 0.15) is 6.29 Å². The average Bonchev–Trinajstić information content (AvgIpc) is 2.61. The number of hydrogen-bond donors (Lipinski definition) is 0. The zero-order chi connectivity index (χ0) is 18.5. The van der Waals surface area contributed by atoms with Crippen molar-refractivity contribution >= 4 is 28.9 Å². The van der Waals surface area contributed by atoms with Gasteiger partial charge in [-0.25, -0.2) is 0 Å². The summed E-state index contributed by atoms with van der Waals surface area (Å²) in [7, 11) is 0. The summed E-state index contributed by atoms with van der Waals surface area (Å²) in [5.41, 5.74) is 1.03. The van der Waals surface area contributed by atoms with Crippen LogP contribution >= 0.6 is 22.6 Å². The van der Waals surface area contributed by atoms with Crippen molar-refractivity contribution < 1.29 is 4.79 Å². The highest BCUT2D eigenvalue weighted by molar-refractivity contribution is 14.1. The summed E-state index contributed by atoms with van der Waals surface area (Å²) in [5, 5.41) is 0. The van der Waals surface area contributed by atoms with E-state index in [4.69, 9.17) is 0 Å². The van der Waals surface area contributed by atoms with Crippen molar-refractivity contribution in [3.05, 3.63) is 9.66 Å². The van der Waals surface area contributed by atoms with Crippen molar-refractivity contribution in [1.29, 1.82) is 0 Å². The molecule has 0 bridgehead atoms. The van der Waals surface area contributed by atoms with Crippen molar-refractivity contribution in [2.45, 2.75) is 116 Å². The number of halogens is 1. The van der Waals surface area contributed by atoms with Gasteiger partial charge >= 0.3 is 0 Å². The summed E-state index contributed by atoms with van der Waals surface area (Å²) < 4.78 is 1.98. The first kappa shape index (κ1) is 22.4. The minimum atomic E-state index is 0.575. The molecule has 0 heterocycles. The molecule has 0 aromatic heterocycles. The van der Waals surface area contributed by atoms with E-state index in [1.807, 2.05) is 4.08 Å². The Morgan fingerprint density at radius 1 is 0.731 bits per heavy atom. The van der Waals surface area contributed by atoms with E-state index in [0.717, 1.165) is 23.7 Å². The van der Waals surface area contributed by atoms with Gasteiger partial charge in [0.05, 0.1) is 0 Å². The van der Waals surface area contributed by atoms with E-state index < -0.39 is 0 Å². The number of unbranched alkanes of at least 4 members (excludes halogenated alkanes) is 2. The van der Waals surface area contributed by atoms with Gasteiger partial charge in [0.2, 0.25) is 0 Å². The molecule has 0 aliphatic heterocycles. The van der Waals surface area contributed by atoms with Crippen LogP contribution in [-0.4, -0.2) is 6.29 Å². The average molecular weight is 472 g/mol. The van der Waals surface area contributed by atoms with Gasteiger partial charge < -0.3 is 0 Å². The SMILES string of the molecule is O=CC(=CI)C1CC(CCCCCC2CCCCCCCCCCC2)C1. The van der Waals surface area contributed by atoms with Crippen molar-refractivity contribution in [2.24, 2.45) is 17.8 Å². The summed E-state index contributed by atoms with van der Waals surface area (Å²) in [6, 6.07) is 0. The quantitative estimate of drug-likeness (QED) is 0.150. The zero-order valence-electron chi connectivity index (χ0n) is 16.9. The fourth-order valence-corrected chi connectivity index (χ4v) is 5.69. The van der Waals surface area contributed by atoms with Gasteiger partial charge in [0, 0.05) is 5.57 Å². The number of carbonyl (C=O) groups excluding carboxylic acids is 1. The van der Waals surface area contributed by atoms with Crippen LogP contribution in [-0.2, 0) is 4.79 Å². The first-order valence-corrected chi connectivity index (χ1v) is 12.8. The molecule has 2 rings (SSSR count). The molecule has 0 unspecified atom stereocenters. The second kappa shape index (κ2) is 14.2. The summed E-state index contributed by atoms with van der Waals surface area (Å²) in [6.07, 6.45) is 27.1. The Morgan fingerprint density at radius 2 is 1.23 bits per heavy atom. The molecule has 2 aliphatic carbocycles. The predicted molar refractivity (Wildman–Crippen MR) is 122 cm³/mol. The van der Waals surface area contributed by atoms with E-state index >= 15 is 0 Å². The number of aldehydes is 1. The molecule has 0 amide bonds. The van der Waals surface area contributed by atoms with Gasteiger partial charge in [-0.15, -0.1) is 0 Å². The molecule has 0 saturated heterocycles. The molecule has 0 aromatic carbocycles. The third-order valence-corrected chi connectivity index (χ3v) is 7.64. The first-order valence-electron chi connectivity index (χ1n) is 11.6. The van der Waals surface area contributed by atoms with Crippen LogP contribution in [0.2, 0.25) is 0 Å². The molecule has 0 spiro atoms. The maximum atomic E-state index is 11.0. The molecule has 2 aliphatic rings. The highest BCUT2D eigenvalue weighted by Crippen LogP contribution is 2.41. The van der Waals surface area contributed by atoms with Crippen molar-refractivity contribution in [3.63, 3.8) is 0 Å². The van der Waals surface area contributed by atoms with E-state index in [2.05, 4.69) is 22.6 Å². The van der Waals surface area contributed by atoms with Gasteiger partial charge in [-0.1, -0.05) is 125 Å². The van der Waals surface area contributed by atoms with Crippen molar-refractivity contribution in [1.82, 2.24) is 0 Å². The Kier molecular flexibility index (Phi) is 12.2. The van der Waals surface area contributed by atoms with Crippen LogP contribution in [0.1, 0.15) is 116 Å². The van der Waals surface area contributed by atoms with Gasteiger partial charge in [0.15, 0.2) is 0 Å². The van der Waals surface area contributed by atoms with Crippen LogP contribution in [0.15, 0.2) is 9.66 Å². The van der Waals surface area contributed by atoms with Gasteiger partial charge in [-0.2, -0.15) is 0 Å². The number of hydrogen-bond acceptors (Lipinski definition) is 1. The van der Waals surface area contributed by atoms with Crippen LogP contribution in [0.3, 0.4) is 0 Å². The van der Waals surface area contributed by atoms with Crippen molar-refractivity contribution in [3.8, 4) is 0 Å². The second-order valence-electron chi connectivity index (χ2n) is 9.02. The molecule has 0 atom stereocenters. The molecule has 1 nitrogen and oxygen atoms in total. The zero-order valence-corrected chi connectivity index (χ0v) is 19.1. The van der Waals surface area contributed by atoms with Crippen LogP contribution in [0.5, 0.6) is 0 Å². The van der Waals surface area contributed by atoms with E-state index in [-0.39, 0.29) is 0 Å². The number of rotatable bonds is 8. The Morgan fingerprint density at radius 3 is 1.73 bits per heavy atom.